The van der Waals surface area contributed by atoms with E-state index in [0.717, 1.165) is 66.3 Å². The first kappa shape index (κ1) is 27.6. The summed E-state index contributed by atoms with van der Waals surface area (Å²) in [6.45, 7) is 0. The Morgan fingerprint density at radius 1 is 0.346 bits per heavy atom. The summed E-state index contributed by atoms with van der Waals surface area (Å²) in [4.78, 5) is 8.51. The van der Waals surface area contributed by atoms with E-state index in [2.05, 4.69) is 140 Å². The van der Waals surface area contributed by atoms with Crippen molar-refractivity contribution in [2.24, 2.45) is 0 Å². The largest absolute Gasteiger partial charge is 0.454 e. The number of rotatable bonds is 3. The minimum absolute atomic E-state index is 0.798. The van der Waals surface area contributed by atoms with Crippen molar-refractivity contribution in [2.75, 3.05) is 0 Å². The van der Waals surface area contributed by atoms with Crippen LogP contribution in [0.3, 0.4) is 0 Å². The number of pyridine rings is 2. The molecule has 0 spiro atoms. The molecule has 0 fully saturated rings. The maximum absolute atomic E-state index is 6.10. The predicted molar refractivity (Wildman–Crippen MR) is 211 cm³/mol. The molecule has 6 heterocycles. The summed E-state index contributed by atoms with van der Waals surface area (Å²) in [5.74, 6) is 0. The van der Waals surface area contributed by atoms with Crippen LogP contribution in [0.5, 0.6) is 0 Å². The Morgan fingerprint density at radius 3 is 1.31 bits per heavy atom. The van der Waals surface area contributed by atoms with Gasteiger partial charge >= 0.3 is 0 Å². The second kappa shape index (κ2) is 10.2. The van der Waals surface area contributed by atoms with Gasteiger partial charge in [-0.3, -0.25) is 9.97 Å². The predicted octanol–water partition coefficient (Wildman–Crippen LogP) is 12.1. The van der Waals surface area contributed by atoms with Gasteiger partial charge in [-0.15, -0.1) is 0 Å². The molecule has 0 saturated carbocycles. The van der Waals surface area contributed by atoms with Crippen LogP contribution in [0.1, 0.15) is 0 Å². The van der Waals surface area contributed by atoms with Gasteiger partial charge in [0.25, 0.3) is 0 Å². The van der Waals surface area contributed by atoms with Crippen LogP contribution in [0.25, 0.3) is 110 Å². The topological polar surface area (TPSA) is 61.9 Å². The number of para-hydroxylation sites is 2. The first-order valence-corrected chi connectivity index (χ1v) is 17.4. The lowest BCUT2D eigenvalue weighted by Crippen LogP contribution is -1.93. The molecule has 0 amide bonds. The fraction of sp³-hybridized carbons (Fsp3) is 0. The smallest absolute Gasteiger partial charge is 0.153 e. The van der Waals surface area contributed by atoms with Crippen LogP contribution in [-0.2, 0) is 0 Å². The number of nitrogens with zero attached hydrogens (tertiary/aromatic N) is 4. The zero-order valence-electron chi connectivity index (χ0n) is 27.6. The molecule has 0 bridgehead atoms. The molecule has 0 N–H and O–H groups in total. The third-order valence-electron chi connectivity index (χ3n) is 10.7. The molecule has 6 heteroatoms. The van der Waals surface area contributed by atoms with Crippen LogP contribution < -0.4 is 0 Å². The van der Waals surface area contributed by atoms with Crippen molar-refractivity contribution in [1.82, 2.24) is 19.1 Å². The molecule has 6 nitrogen and oxygen atoms in total. The van der Waals surface area contributed by atoms with E-state index in [9.17, 15) is 0 Å². The first-order valence-electron chi connectivity index (χ1n) is 17.4. The van der Waals surface area contributed by atoms with E-state index in [-0.39, 0.29) is 0 Å². The lowest BCUT2D eigenvalue weighted by Gasteiger charge is -2.10. The van der Waals surface area contributed by atoms with Crippen LogP contribution in [0, 0.1) is 0 Å². The van der Waals surface area contributed by atoms with Gasteiger partial charge in [0.15, 0.2) is 11.2 Å². The van der Waals surface area contributed by atoms with E-state index >= 15 is 0 Å². The van der Waals surface area contributed by atoms with Crippen LogP contribution in [-0.4, -0.2) is 19.1 Å². The van der Waals surface area contributed by atoms with E-state index in [1.807, 2.05) is 24.5 Å². The van der Waals surface area contributed by atoms with Gasteiger partial charge < -0.3 is 18.0 Å². The van der Waals surface area contributed by atoms with Crippen LogP contribution in [0.4, 0.5) is 0 Å². The van der Waals surface area contributed by atoms with E-state index in [1.165, 1.54) is 43.7 Å². The number of furan rings is 2. The average Bonchev–Trinajstić information content (AvgIpc) is 3.94. The Bertz CT molecular complexity index is 3200. The molecule has 6 aromatic carbocycles. The normalized spacial score (nSPS) is 12.2. The number of hydrogen-bond donors (Lipinski definition) is 0. The van der Waals surface area contributed by atoms with Gasteiger partial charge in [-0.25, -0.2) is 0 Å². The van der Waals surface area contributed by atoms with Crippen molar-refractivity contribution in [3.63, 3.8) is 0 Å². The second-order valence-corrected chi connectivity index (χ2v) is 13.5. The molecule has 0 aliphatic carbocycles. The minimum Gasteiger partial charge on any atom is -0.454 e. The second-order valence-electron chi connectivity index (χ2n) is 13.5. The summed E-state index contributed by atoms with van der Waals surface area (Å²) in [6, 6.07) is 48.0. The third-order valence-corrected chi connectivity index (χ3v) is 10.7. The van der Waals surface area contributed by atoms with Gasteiger partial charge in [-0.05, 0) is 96.1 Å². The van der Waals surface area contributed by atoms with Gasteiger partial charge in [0.1, 0.15) is 11.2 Å². The van der Waals surface area contributed by atoms with E-state index in [4.69, 9.17) is 8.83 Å². The SMILES string of the molecule is c1ccc2c(c1)c1cc(-c3ccc4c(c3)c3ccccc3n4-c3ccc4oc5cnccc5c4c3)ccc1n2-c1ccc2oc3cnccc3c2c1. The molecule has 0 atom stereocenters. The van der Waals surface area contributed by atoms with E-state index in [0.29, 0.717) is 0 Å². The van der Waals surface area contributed by atoms with Gasteiger partial charge in [0, 0.05) is 66.9 Å². The number of hydrogen-bond acceptors (Lipinski definition) is 4. The highest BCUT2D eigenvalue weighted by Gasteiger charge is 2.18. The standard InChI is InChI=1S/C46H26N4O2/c1-3-7-39-31(5-1)35-21-27(9-13-41(35)49(39)29-11-15-43-37(23-29)33-17-19-47-25-45(33)51-43)28-10-14-42-36(22-28)32-6-2-4-8-40(32)50(42)30-12-16-44-38(24-30)34-18-20-48-26-46(34)52-44/h1-26H. The summed E-state index contributed by atoms with van der Waals surface area (Å²) in [5.41, 5.74) is 12.5. The van der Waals surface area contributed by atoms with Crippen molar-refractivity contribution in [3.8, 4) is 22.5 Å². The maximum atomic E-state index is 6.10. The Balaban J connectivity index is 1.03. The summed E-state index contributed by atoms with van der Waals surface area (Å²) >= 11 is 0. The zero-order chi connectivity index (χ0) is 33.9. The van der Waals surface area contributed by atoms with Crippen molar-refractivity contribution < 1.29 is 8.83 Å². The highest BCUT2D eigenvalue weighted by atomic mass is 16.3. The average molecular weight is 667 g/mol. The Hall–Kier alpha value is -7.18. The van der Waals surface area contributed by atoms with E-state index < -0.39 is 0 Å². The van der Waals surface area contributed by atoms with Crippen molar-refractivity contribution in [3.05, 3.63) is 158 Å². The van der Waals surface area contributed by atoms with Gasteiger partial charge in [0.05, 0.1) is 34.5 Å². The highest BCUT2D eigenvalue weighted by molar-refractivity contribution is 6.14. The zero-order valence-corrected chi connectivity index (χ0v) is 27.6. The third kappa shape index (κ3) is 3.78. The van der Waals surface area contributed by atoms with Gasteiger partial charge in [-0.2, -0.15) is 0 Å². The summed E-state index contributed by atoms with van der Waals surface area (Å²) in [7, 11) is 0. The molecule has 0 aliphatic rings. The molecule has 0 aliphatic heterocycles. The molecule has 0 radical (unpaired) electrons. The maximum Gasteiger partial charge on any atom is 0.153 e. The van der Waals surface area contributed by atoms with Crippen LogP contribution in [0.2, 0.25) is 0 Å². The molecular formula is C46H26N4O2. The number of fused-ring (bicyclic) bond motifs is 12. The Kier molecular flexibility index (Phi) is 5.41. The van der Waals surface area contributed by atoms with Gasteiger partial charge in [0.2, 0.25) is 0 Å². The fourth-order valence-corrected chi connectivity index (χ4v) is 8.38. The summed E-state index contributed by atoms with van der Waals surface area (Å²) in [5, 5.41) is 9.17. The molecule has 6 aromatic heterocycles. The lowest BCUT2D eigenvalue weighted by atomic mass is 10.0. The monoisotopic (exact) mass is 666 g/mol. The van der Waals surface area contributed by atoms with Crippen molar-refractivity contribution in [2.45, 2.75) is 0 Å². The molecule has 242 valence electrons. The molecule has 12 aromatic rings. The fourth-order valence-electron chi connectivity index (χ4n) is 8.38. The highest BCUT2D eigenvalue weighted by Crippen LogP contribution is 2.40. The van der Waals surface area contributed by atoms with Crippen molar-refractivity contribution in [1.29, 1.82) is 0 Å². The molecule has 0 unspecified atom stereocenters. The van der Waals surface area contributed by atoms with Crippen LogP contribution in [0.15, 0.2) is 167 Å². The molecule has 52 heavy (non-hydrogen) atoms. The van der Waals surface area contributed by atoms with E-state index in [1.54, 1.807) is 12.4 Å². The Morgan fingerprint density at radius 2 is 0.808 bits per heavy atom. The van der Waals surface area contributed by atoms with Crippen molar-refractivity contribution >= 4 is 87.5 Å². The minimum atomic E-state index is 0.798. The summed E-state index contributed by atoms with van der Waals surface area (Å²) < 4.78 is 16.9. The number of benzene rings is 6. The Labute approximate surface area is 295 Å². The van der Waals surface area contributed by atoms with Crippen LogP contribution >= 0.6 is 0 Å². The molecule has 0 saturated heterocycles. The molecular weight excluding hydrogens is 641 g/mol. The lowest BCUT2D eigenvalue weighted by molar-refractivity contribution is 0.666. The molecule has 12 rings (SSSR count). The number of aromatic nitrogens is 4. The summed E-state index contributed by atoms with van der Waals surface area (Å²) in [6.07, 6.45) is 7.21. The quantitative estimate of drug-likeness (QED) is 0.188. The first-order chi connectivity index (χ1) is 25.8. The van der Waals surface area contributed by atoms with Gasteiger partial charge in [-0.1, -0.05) is 48.5 Å².